The van der Waals surface area contributed by atoms with Crippen LogP contribution in [0.15, 0.2) is 54.6 Å². The Labute approximate surface area is 161 Å². The SMILES string of the molecule is CCC(C)NC(=O)c1ccc(NCC(=O)NC(CC)c2ccccc2)cc1. The van der Waals surface area contributed by atoms with Crippen LogP contribution in [0.1, 0.15) is 55.6 Å². The van der Waals surface area contributed by atoms with Gasteiger partial charge < -0.3 is 16.0 Å². The molecule has 0 bridgehead atoms. The molecule has 0 aliphatic heterocycles. The number of hydrogen-bond acceptors (Lipinski definition) is 3. The Bertz CT molecular complexity index is 729. The summed E-state index contributed by atoms with van der Waals surface area (Å²) in [5.41, 5.74) is 2.52. The van der Waals surface area contributed by atoms with E-state index in [0.29, 0.717) is 5.56 Å². The lowest BCUT2D eigenvalue weighted by molar-refractivity contribution is -0.120. The molecule has 0 fully saturated rings. The van der Waals surface area contributed by atoms with Crippen molar-refractivity contribution in [2.45, 2.75) is 45.7 Å². The van der Waals surface area contributed by atoms with Crippen LogP contribution >= 0.6 is 0 Å². The van der Waals surface area contributed by atoms with Crippen molar-refractivity contribution >= 4 is 17.5 Å². The lowest BCUT2D eigenvalue weighted by atomic mass is 10.0. The predicted molar refractivity (Wildman–Crippen MR) is 110 cm³/mol. The van der Waals surface area contributed by atoms with E-state index in [1.807, 2.05) is 56.3 Å². The largest absolute Gasteiger partial charge is 0.376 e. The van der Waals surface area contributed by atoms with Crippen molar-refractivity contribution in [2.24, 2.45) is 0 Å². The van der Waals surface area contributed by atoms with E-state index in [0.717, 1.165) is 24.1 Å². The summed E-state index contributed by atoms with van der Waals surface area (Å²) >= 11 is 0. The minimum atomic E-state index is -0.0812. The standard InChI is InChI=1S/C22H29N3O2/c1-4-16(3)24-22(27)18-11-13-19(14-12-18)23-15-21(26)25-20(5-2)17-9-7-6-8-10-17/h6-14,16,20,23H,4-5,15H2,1-3H3,(H,24,27)(H,25,26). The normalized spacial score (nSPS) is 12.7. The van der Waals surface area contributed by atoms with Crippen LogP contribution in [-0.4, -0.2) is 24.4 Å². The van der Waals surface area contributed by atoms with E-state index in [1.165, 1.54) is 0 Å². The van der Waals surface area contributed by atoms with Crippen molar-refractivity contribution in [3.63, 3.8) is 0 Å². The lowest BCUT2D eigenvalue weighted by Crippen LogP contribution is -2.33. The first kappa shape index (κ1) is 20.5. The van der Waals surface area contributed by atoms with E-state index in [1.54, 1.807) is 12.1 Å². The summed E-state index contributed by atoms with van der Waals surface area (Å²) in [4.78, 5) is 24.3. The van der Waals surface area contributed by atoms with Crippen LogP contribution in [0.4, 0.5) is 5.69 Å². The molecule has 0 aliphatic carbocycles. The summed E-state index contributed by atoms with van der Waals surface area (Å²) in [5, 5.41) is 9.08. The Morgan fingerprint density at radius 2 is 1.56 bits per heavy atom. The van der Waals surface area contributed by atoms with Crippen LogP contribution in [-0.2, 0) is 4.79 Å². The van der Waals surface area contributed by atoms with Crippen molar-refractivity contribution in [1.82, 2.24) is 10.6 Å². The Morgan fingerprint density at radius 3 is 2.15 bits per heavy atom. The maximum Gasteiger partial charge on any atom is 0.251 e. The average Bonchev–Trinajstić information content (AvgIpc) is 2.71. The van der Waals surface area contributed by atoms with Crippen molar-refractivity contribution in [3.8, 4) is 0 Å². The van der Waals surface area contributed by atoms with E-state index in [9.17, 15) is 9.59 Å². The molecule has 0 radical (unpaired) electrons. The Morgan fingerprint density at radius 1 is 0.889 bits per heavy atom. The molecule has 0 saturated carbocycles. The summed E-state index contributed by atoms with van der Waals surface area (Å²) in [6.45, 7) is 6.24. The number of carbonyl (C=O) groups excluding carboxylic acids is 2. The van der Waals surface area contributed by atoms with Gasteiger partial charge in [0.2, 0.25) is 5.91 Å². The van der Waals surface area contributed by atoms with E-state index in [-0.39, 0.29) is 30.4 Å². The minimum absolute atomic E-state index is 0.00660. The first-order valence-electron chi connectivity index (χ1n) is 9.52. The Kier molecular flexibility index (Phi) is 7.86. The monoisotopic (exact) mass is 367 g/mol. The van der Waals surface area contributed by atoms with Gasteiger partial charge in [-0.05, 0) is 49.6 Å². The molecule has 2 rings (SSSR count). The molecular formula is C22H29N3O2. The summed E-state index contributed by atoms with van der Waals surface area (Å²) in [5.74, 6) is -0.147. The summed E-state index contributed by atoms with van der Waals surface area (Å²) in [6, 6.07) is 17.3. The molecule has 2 aromatic carbocycles. The van der Waals surface area contributed by atoms with Crippen molar-refractivity contribution < 1.29 is 9.59 Å². The van der Waals surface area contributed by atoms with Gasteiger partial charge in [0.25, 0.3) is 5.91 Å². The van der Waals surface area contributed by atoms with Crippen molar-refractivity contribution in [1.29, 1.82) is 0 Å². The molecule has 0 aromatic heterocycles. The summed E-state index contributed by atoms with van der Waals surface area (Å²) in [7, 11) is 0. The zero-order valence-electron chi connectivity index (χ0n) is 16.3. The van der Waals surface area contributed by atoms with Gasteiger partial charge in [0.1, 0.15) is 0 Å². The van der Waals surface area contributed by atoms with Gasteiger partial charge in [-0.15, -0.1) is 0 Å². The molecule has 0 heterocycles. The van der Waals surface area contributed by atoms with Gasteiger partial charge in [0, 0.05) is 17.3 Å². The third-order valence-corrected chi connectivity index (χ3v) is 4.54. The maximum atomic E-state index is 12.3. The number of rotatable bonds is 9. The molecule has 144 valence electrons. The number of nitrogens with one attached hydrogen (secondary N) is 3. The number of carbonyl (C=O) groups is 2. The summed E-state index contributed by atoms with van der Waals surface area (Å²) < 4.78 is 0. The molecule has 2 aromatic rings. The molecule has 5 nitrogen and oxygen atoms in total. The second-order valence-corrected chi connectivity index (χ2v) is 6.65. The zero-order valence-corrected chi connectivity index (χ0v) is 16.3. The second kappa shape index (κ2) is 10.4. The fraction of sp³-hybridized carbons (Fsp3) is 0.364. The van der Waals surface area contributed by atoms with Gasteiger partial charge in [-0.3, -0.25) is 9.59 Å². The van der Waals surface area contributed by atoms with Gasteiger partial charge in [-0.25, -0.2) is 0 Å². The second-order valence-electron chi connectivity index (χ2n) is 6.65. The molecule has 0 saturated heterocycles. The maximum absolute atomic E-state index is 12.3. The van der Waals surface area contributed by atoms with Crippen molar-refractivity contribution in [2.75, 3.05) is 11.9 Å². The Hall–Kier alpha value is -2.82. The summed E-state index contributed by atoms with van der Waals surface area (Å²) in [6.07, 6.45) is 1.72. The van der Waals surface area contributed by atoms with E-state index >= 15 is 0 Å². The van der Waals surface area contributed by atoms with Crippen molar-refractivity contribution in [3.05, 3.63) is 65.7 Å². The van der Waals surface area contributed by atoms with Gasteiger partial charge >= 0.3 is 0 Å². The lowest BCUT2D eigenvalue weighted by Gasteiger charge is -2.18. The molecule has 2 unspecified atom stereocenters. The predicted octanol–water partition coefficient (Wildman–Crippen LogP) is 3.89. The molecule has 0 spiro atoms. The number of benzene rings is 2. The van der Waals surface area contributed by atoms with E-state index in [2.05, 4.69) is 22.9 Å². The van der Waals surface area contributed by atoms with E-state index in [4.69, 9.17) is 0 Å². The average molecular weight is 367 g/mol. The Balaban J connectivity index is 1.85. The highest BCUT2D eigenvalue weighted by atomic mass is 16.2. The first-order chi connectivity index (χ1) is 13.0. The van der Waals surface area contributed by atoms with E-state index < -0.39 is 0 Å². The third kappa shape index (κ3) is 6.44. The van der Waals surface area contributed by atoms with Crippen LogP contribution in [0, 0.1) is 0 Å². The zero-order chi connectivity index (χ0) is 19.6. The third-order valence-electron chi connectivity index (χ3n) is 4.54. The van der Waals surface area contributed by atoms with Crippen LogP contribution in [0.2, 0.25) is 0 Å². The quantitative estimate of drug-likeness (QED) is 0.630. The fourth-order valence-electron chi connectivity index (χ4n) is 2.68. The molecule has 2 amide bonds. The molecular weight excluding hydrogens is 338 g/mol. The van der Waals surface area contributed by atoms with Gasteiger partial charge in [0.15, 0.2) is 0 Å². The van der Waals surface area contributed by atoms with Crippen LogP contribution < -0.4 is 16.0 Å². The number of hydrogen-bond donors (Lipinski definition) is 3. The van der Waals surface area contributed by atoms with Gasteiger partial charge in [0.05, 0.1) is 12.6 Å². The van der Waals surface area contributed by atoms with Crippen LogP contribution in [0.3, 0.4) is 0 Å². The van der Waals surface area contributed by atoms with Crippen LogP contribution in [0.5, 0.6) is 0 Å². The number of amides is 2. The fourth-order valence-corrected chi connectivity index (χ4v) is 2.68. The highest BCUT2D eigenvalue weighted by Gasteiger charge is 2.12. The topological polar surface area (TPSA) is 70.2 Å². The van der Waals surface area contributed by atoms with Gasteiger partial charge in [-0.2, -0.15) is 0 Å². The minimum Gasteiger partial charge on any atom is -0.376 e. The molecule has 2 atom stereocenters. The van der Waals surface area contributed by atoms with Gasteiger partial charge in [-0.1, -0.05) is 44.2 Å². The first-order valence-corrected chi connectivity index (χ1v) is 9.52. The highest BCUT2D eigenvalue weighted by Crippen LogP contribution is 2.16. The molecule has 3 N–H and O–H groups in total. The highest BCUT2D eigenvalue weighted by molar-refractivity contribution is 5.94. The number of anilines is 1. The molecule has 5 heteroatoms. The molecule has 0 aliphatic rings. The molecule has 27 heavy (non-hydrogen) atoms. The van der Waals surface area contributed by atoms with Crippen LogP contribution in [0.25, 0.3) is 0 Å². The smallest absolute Gasteiger partial charge is 0.251 e.